The fourth-order valence-electron chi connectivity index (χ4n) is 1.71. The number of benzene rings is 1. The van der Waals surface area contributed by atoms with E-state index in [1.165, 1.54) is 0 Å². The highest BCUT2D eigenvalue weighted by molar-refractivity contribution is 5.98. The molecule has 0 bridgehead atoms. The number of carbonyl (C=O) groups is 1. The lowest BCUT2D eigenvalue weighted by molar-refractivity contribution is 0.0691. The van der Waals surface area contributed by atoms with E-state index in [2.05, 4.69) is 4.98 Å². The first-order chi connectivity index (χ1) is 6.61. The van der Waals surface area contributed by atoms with Crippen molar-refractivity contribution in [2.24, 2.45) is 0 Å². The quantitative estimate of drug-likeness (QED) is 0.724. The lowest BCUT2D eigenvalue weighted by atomic mass is 10.1. The highest BCUT2D eigenvalue weighted by Gasteiger charge is 2.13. The second-order valence-electron chi connectivity index (χ2n) is 3.43. The van der Waals surface area contributed by atoms with Crippen LogP contribution in [0.25, 0.3) is 10.9 Å². The first kappa shape index (κ1) is 8.81. The number of aromatic nitrogens is 1. The number of nitrogens with one attached hydrogen (secondary N) is 1. The molecule has 1 aromatic carbocycles. The molecule has 0 spiro atoms. The molecule has 1 aromatic heterocycles. The van der Waals surface area contributed by atoms with Crippen LogP contribution in [0.1, 0.15) is 21.6 Å². The maximum absolute atomic E-state index is 10.9. The summed E-state index contributed by atoms with van der Waals surface area (Å²) in [6.45, 7) is 3.78. The van der Waals surface area contributed by atoms with Crippen LogP contribution in [0.3, 0.4) is 0 Å². The molecule has 72 valence electrons. The van der Waals surface area contributed by atoms with Gasteiger partial charge in [0.05, 0.1) is 0 Å². The van der Waals surface area contributed by atoms with Crippen LogP contribution in [0.5, 0.6) is 0 Å². The van der Waals surface area contributed by atoms with E-state index in [1.54, 1.807) is 0 Å². The molecule has 3 nitrogen and oxygen atoms in total. The molecule has 0 aliphatic carbocycles. The molecular formula is C11H11NO2. The first-order valence-electron chi connectivity index (χ1n) is 4.42. The molecule has 14 heavy (non-hydrogen) atoms. The van der Waals surface area contributed by atoms with Crippen molar-refractivity contribution in [1.29, 1.82) is 0 Å². The highest BCUT2D eigenvalue weighted by atomic mass is 16.4. The molecule has 0 amide bonds. The standard InChI is InChI=1S/C11H11NO2/c1-6-4-3-5-8-7(2)10(11(13)14)12-9(6)8/h3-5,12H,1-2H3,(H,13,14). The maximum Gasteiger partial charge on any atom is 0.352 e. The lowest BCUT2D eigenvalue weighted by Crippen LogP contribution is -1.98. The van der Waals surface area contributed by atoms with Crippen LogP contribution in [-0.2, 0) is 0 Å². The van der Waals surface area contributed by atoms with Gasteiger partial charge < -0.3 is 10.1 Å². The van der Waals surface area contributed by atoms with Crippen LogP contribution in [0, 0.1) is 13.8 Å². The van der Waals surface area contributed by atoms with Gasteiger partial charge in [-0.2, -0.15) is 0 Å². The second kappa shape index (κ2) is 2.87. The number of carboxylic acids is 1. The molecule has 0 unspecified atom stereocenters. The van der Waals surface area contributed by atoms with E-state index in [0.29, 0.717) is 0 Å². The Morgan fingerprint density at radius 3 is 2.64 bits per heavy atom. The Balaban J connectivity index is 2.86. The third-order valence-corrected chi connectivity index (χ3v) is 2.52. The van der Waals surface area contributed by atoms with Crippen molar-refractivity contribution >= 4 is 16.9 Å². The van der Waals surface area contributed by atoms with Crippen molar-refractivity contribution in [3.63, 3.8) is 0 Å². The van der Waals surface area contributed by atoms with Gasteiger partial charge in [0.15, 0.2) is 0 Å². The van der Waals surface area contributed by atoms with Crippen LogP contribution in [-0.4, -0.2) is 16.1 Å². The van der Waals surface area contributed by atoms with E-state index < -0.39 is 5.97 Å². The third-order valence-electron chi connectivity index (χ3n) is 2.52. The van der Waals surface area contributed by atoms with Gasteiger partial charge in [0, 0.05) is 10.9 Å². The minimum atomic E-state index is -0.905. The molecule has 0 atom stereocenters. The minimum absolute atomic E-state index is 0.286. The number of H-pyrrole nitrogens is 1. The molecule has 3 heteroatoms. The van der Waals surface area contributed by atoms with E-state index in [4.69, 9.17) is 5.11 Å². The van der Waals surface area contributed by atoms with Gasteiger partial charge in [-0.05, 0) is 25.0 Å². The van der Waals surface area contributed by atoms with Crippen molar-refractivity contribution < 1.29 is 9.90 Å². The molecule has 0 radical (unpaired) electrons. The zero-order chi connectivity index (χ0) is 10.3. The van der Waals surface area contributed by atoms with Crippen LogP contribution in [0.4, 0.5) is 0 Å². The number of aryl methyl sites for hydroxylation is 2. The van der Waals surface area contributed by atoms with Gasteiger partial charge in [-0.25, -0.2) is 4.79 Å². The Morgan fingerprint density at radius 1 is 1.36 bits per heavy atom. The summed E-state index contributed by atoms with van der Waals surface area (Å²) in [5.41, 5.74) is 3.08. The molecule has 1 heterocycles. The van der Waals surface area contributed by atoms with Crippen molar-refractivity contribution in [2.45, 2.75) is 13.8 Å². The van der Waals surface area contributed by atoms with Gasteiger partial charge in [0.25, 0.3) is 0 Å². The zero-order valence-corrected chi connectivity index (χ0v) is 8.09. The molecule has 2 N–H and O–H groups in total. The number of carboxylic acid groups (broad SMARTS) is 1. The SMILES string of the molecule is Cc1c(C(=O)O)[nH]c2c(C)cccc12. The Labute approximate surface area is 81.4 Å². The predicted molar refractivity (Wildman–Crippen MR) is 54.7 cm³/mol. The molecule has 0 aliphatic heterocycles. The zero-order valence-electron chi connectivity index (χ0n) is 8.09. The Bertz CT molecular complexity index is 511. The summed E-state index contributed by atoms with van der Waals surface area (Å²) in [6.07, 6.45) is 0. The molecule has 0 saturated carbocycles. The van der Waals surface area contributed by atoms with Gasteiger partial charge in [0.1, 0.15) is 5.69 Å². The smallest absolute Gasteiger partial charge is 0.352 e. The van der Waals surface area contributed by atoms with E-state index in [1.807, 2.05) is 32.0 Å². The summed E-state index contributed by atoms with van der Waals surface area (Å²) in [5, 5.41) is 9.91. The molecule has 2 aromatic rings. The normalized spacial score (nSPS) is 10.7. The first-order valence-corrected chi connectivity index (χ1v) is 4.42. The van der Waals surface area contributed by atoms with Crippen LogP contribution < -0.4 is 0 Å². The van der Waals surface area contributed by atoms with E-state index in [9.17, 15) is 4.79 Å². The Kier molecular flexibility index (Phi) is 1.81. The van der Waals surface area contributed by atoms with E-state index in [0.717, 1.165) is 22.0 Å². The summed E-state index contributed by atoms with van der Waals surface area (Å²) in [5.74, 6) is -0.905. The summed E-state index contributed by atoms with van der Waals surface area (Å²) in [4.78, 5) is 13.8. The highest BCUT2D eigenvalue weighted by Crippen LogP contribution is 2.23. The number of para-hydroxylation sites is 1. The molecule has 0 saturated heterocycles. The van der Waals surface area contributed by atoms with Crippen LogP contribution >= 0.6 is 0 Å². The number of hydrogen-bond donors (Lipinski definition) is 2. The molecule has 2 rings (SSSR count). The lowest BCUT2D eigenvalue weighted by Gasteiger charge is -1.94. The summed E-state index contributed by atoms with van der Waals surface area (Å²) >= 11 is 0. The fraction of sp³-hybridized carbons (Fsp3) is 0.182. The van der Waals surface area contributed by atoms with Crippen molar-refractivity contribution in [3.05, 3.63) is 35.0 Å². The predicted octanol–water partition coefficient (Wildman–Crippen LogP) is 2.48. The topological polar surface area (TPSA) is 53.1 Å². The maximum atomic E-state index is 10.9. The summed E-state index contributed by atoms with van der Waals surface area (Å²) in [6, 6.07) is 5.83. The molecule has 0 aliphatic rings. The summed E-state index contributed by atoms with van der Waals surface area (Å²) < 4.78 is 0. The van der Waals surface area contributed by atoms with Gasteiger partial charge in [-0.1, -0.05) is 18.2 Å². The fourth-order valence-corrected chi connectivity index (χ4v) is 1.71. The van der Waals surface area contributed by atoms with Gasteiger partial charge in [-0.15, -0.1) is 0 Å². The largest absolute Gasteiger partial charge is 0.477 e. The average molecular weight is 189 g/mol. The van der Waals surface area contributed by atoms with Crippen LogP contribution in [0.15, 0.2) is 18.2 Å². The second-order valence-corrected chi connectivity index (χ2v) is 3.43. The summed E-state index contributed by atoms with van der Waals surface area (Å²) in [7, 11) is 0. The number of aromatic amines is 1. The van der Waals surface area contributed by atoms with Crippen molar-refractivity contribution in [2.75, 3.05) is 0 Å². The van der Waals surface area contributed by atoms with Gasteiger partial charge in [-0.3, -0.25) is 0 Å². The Hall–Kier alpha value is -1.77. The minimum Gasteiger partial charge on any atom is -0.477 e. The molecule has 0 fully saturated rings. The Morgan fingerprint density at radius 2 is 2.07 bits per heavy atom. The monoisotopic (exact) mass is 189 g/mol. The van der Waals surface area contributed by atoms with Crippen molar-refractivity contribution in [3.8, 4) is 0 Å². The van der Waals surface area contributed by atoms with Gasteiger partial charge >= 0.3 is 5.97 Å². The van der Waals surface area contributed by atoms with E-state index in [-0.39, 0.29) is 5.69 Å². The number of hydrogen-bond acceptors (Lipinski definition) is 1. The molecular weight excluding hydrogens is 178 g/mol. The van der Waals surface area contributed by atoms with E-state index >= 15 is 0 Å². The third kappa shape index (κ3) is 1.09. The van der Waals surface area contributed by atoms with Gasteiger partial charge in [0.2, 0.25) is 0 Å². The van der Waals surface area contributed by atoms with Crippen LogP contribution in [0.2, 0.25) is 0 Å². The number of fused-ring (bicyclic) bond motifs is 1. The average Bonchev–Trinajstić information content (AvgIpc) is 2.46. The number of rotatable bonds is 1. The van der Waals surface area contributed by atoms with Crippen molar-refractivity contribution in [1.82, 2.24) is 4.98 Å². The number of aromatic carboxylic acids is 1.